The Morgan fingerprint density at radius 2 is 1.83 bits per heavy atom. The van der Waals surface area contributed by atoms with Crippen LogP contribution in [0.1, 0.15) is 17.3 Å². The largest absolute Gasteiger partial charge is 0.341 e. The number of para-hydroxylation sites is 1. The number of aryl methyl sites for hydroxylation is 1. The second-order valence-corrected chi connectivity index (χ2v) is 6.75. The van der Waals surface area contributed by atoms with Crippen LogP contribution in [-0.4, -0.2) is 30.7 Å². The van der Waals surface area contributed by atoms with E-state index in [1.807, 2.05) is 36.4 Å². The Kier molecular flexibility index (Phi) is 4.05. The molecule has 0 aliphatic heterocycles. The fourth-order valence-corrected chi connectivity index (χ4v) is 3.74. The molecule has 0 bridgehead atoms. The summed E-state index contributed by atoms with van der Waals surface area (Å²) in [7, 11) is 0. The second kappa shape index (κ2) is 6.87. The molecule has 0 saturated carbocycles. The van der Waals surface area contributed by atoms with Crippen molar-refractivity contribution < 1.29 is 4.79 Å². The summed E-state index contributed by atoms with van der Waals surface area (Å²) in [6.07, 6.45) is 1.49. The van der Waals surface area contributed by atoms with Crippen molar-refractivity contribution in [1.82, 2.24) is 24.8 Å². The zero-order chi connectivity index (χ0) is 19.8. The van der Waals surface area contributed by atoms with Gasteiger partial charge in [0, 0.05) is 39.6 Å². The maximum Gasteiger partial charge on any atom is 0.255 e. The quantitative estimate of drug-likeness (QED) is 0.509. The third kappa shape index (κ3) is 2.93. The fourth-order valence-electron chi connectivity index (χ4n) is 3.74. The Labute approximate surface area is 166 Å². The number of hydrogen-bond donors (Lipinski definition) is 1. The summed E-state index contributed by atoms with van der Waals surface area (Å²) in [5.74, 6) is -0.182. The summed E-state index contributed by atoms with van der Waals surface area (Å²) < 4.78 is 3.80. The molecule has 0 radical (unpaired) electrons. The highest BCUT2D eigenvalue weighted by Gasteiger charge is 2.12. The smallest absolute Gasteiger partial charge is 0.255 e. The predicted molar refractivity (Wildman–Crippen MR) is 112 cm³/mol. The highest BCUT2D eigenvalue weighted by atomic mass is 16.1. The van der Waals surface area contributed by atoms with Gasteiger partial charge >= 0.3 is 0 Å². The zero-order valence-electron chi connectivity index (χ0n) is 15.8. The molecule has 0 fully saturated rings. The lowest BCUT2D eigenvalue weighted by atomic mass is 10.1. The van der Waals surface area contributed by atoms with Gasteiger partial charge in [0.1, 0.15) is 6.33 Å². The molecule has 29 heavy (non-hydrogen) atoms. The maximum atomic E-state index is 12.8. The Balaban J connectivity index is 1.50. The van der Waals surface area contributed by atoms with E-state index in [0.29, 0.717) is 5.56 Å². The lowest BCUT2D eigenvalue weighted by molar-refractivity contribution is 0.102. The van der Waals surface area contributed by atoms with Gasteiger partial charge in [-0.1, -0.05) is 24.3 Å². The molecule has 2 aromatic heterocycles. The van der Waals surface area contributed by atoms with Crippen molar-refractivity contribution in [2.45, 2.75) is 13.5 Å². The first-order chi connectivity index (χ1) is 14.2. The molecule has 7 heteroatoms. The average molecular weight is 382 g/mol. The first kappa shape index (κ1) is 17.1. The van der Waals surface area contributed by atoms with Gasteiger partial charge in [-0.2, -0.15) is 0 Å². The number of carbonyl (C=O) groups excluding carboxylic acids is 1. The molecular formula is C22H18N6O. The number of amides is 1. The van der Waals surface area contributed by atoms with E-state index in [-0.39, 0.29) is 5.91 Å². The maximum absolute atomic E-state index is 12.8. The number of benzene rings is 3. The highest BCUT2D eigenvalue weighted by molar-refractivity contribution is 6.11. The van der Waals surface area contributed by atoms with Crippen molar-refractivity contribution in [2.24, 2.45) is 0 Å². The molecule has 0 unspecified atom stereocenters. The molecule has 5 rings (SSSR count). The van der Waals surface area contributed by atoms with Crippen LogP contribution in [0.3, 0.4) is 0 Å². The minimum atomic E-state index is -0.182. The van der Waals surface area contributed by atoms with Crippen LogP contribution in [0.5, 0.6) is 0 Å². The number of carbonyl (C=O) groups is 1. The molecule has 0 aliphatic rings. The van der Waals surface area contributed by atoms with Crippen LogP contribution in [-0.2, 0) is 6.54 Å². The third-order valence-corrected chi connectivity index (χ3v) is 5.07. The van der Waals surface area contributed by atoms with E-state index in [2.05, 4.69) is 50.5 Å². The molecule has 3 aromatic carbocycles. The predicted octanol–water partition coefficient (Wildman–Crippen LogP) is 4.04. The summed E-state index contributed by atoms with van der Waals surface area (Å²) in [6.45, 7) is 3.03. The van der Waals surface area contributed by atoms with Crippen molar-refractivity contribution in [3.8, 4) is 5.69 Å². The number of rotatable bonds is 4. The average Bonchev–Trinajstić information content (AvgIpc) is 3.40. The first-order valence-corrected chi connectivity index (χ1v) is 9.40. The van der Waals surface area contributed by atoms with Gasteiger partial charge in [0.05, 0.1) is 5.69 Å². The van der Waals surface area contributed by atoms with Gasteiger partial charge in [-0.15, -0.1) is 5.10 Å². The number of aromatic nitrogens is 5. The van der Waals surface area contributed by atoms with E-state index in [0.717, 1.165) is 28.8 Å². The van der Waals surface area contributed by atoms with Gasteiger partial charge in [0.2, 0.25) is 0 Å². The lowest BCUT2D eigenvalue weighted by Crippen LogP contribution is -2.12. The van der Waals surface area contributed by atoms with Crippen LogP contribution in [0, 0.1) is 0 Å². The molecule has 142 valence electrons. The van der Waals surface area contributed by atoms with Crippen LogP contribution < -0.4 is 5.32 Å². The Hall–Kier alpha value is -4.00. The Morgan fingerprint density at radius 3 is 2.66 bits per heavy atom. The summed E-state index contributed by atoms with van der Waals surface area (Å²) in [5, 5.41) is 16.4. The van der Waals surface area contributed by atoms with Crippen molar-refractivity contribution >= 4 is 33.4 Å². The molecule has 1 N–H and O–H groups in total. The van der Waals surface area contributed by atoms with E-state index >= 15 is 0 Å². The molecule has 1 amide bonds. The normalized spacial score (nSPS) is 11.2. The zero-order valence-corrected chi connectivity index (χ0v) is 15.8. The fraction of sp³-hybridized carbons (Fsp3) is 0.0909. The van der Waals surface area contributed by atoms with Gasteiger partial charge < -0.3 is 9.88 Å². The van der Waals surface area contributed by atoms with Gasteiger partial charge in [0.15, 0.2) is 0 Å². The molecule has 2 heterocycles. The summed E-state index contributed by atoms with van der Waals surface area (Å²) in [5.41, 5.74) is 4.38. The lowest BCUT2D eigenvalue weighted by Gasteiger charge is -2.08. The molecule has 5 aromatic rings. The van der Waals surface area contributed by atoms with Gasteiger partial charge in [0.25, 0.3) is 5.91 Å². The number of nitrogens with zero attached hydrogens (tertiary/aromatic N) is 5. The first-order valence-electron chi connectivity index (χ1n) is 9.40. The molecule has 0 spiro atoms. The minimum absolute atomic E-state index is 0.182. The van der Waals surface area contributed by atoms with Crippen molar-refractivity contribution in [2.75, 3.05) is 5.32 Å². The van der Waals surface area contributed by atoms with E-state index in [9.17, 15) is 4.79 Å². The number of anilines is 1. The number of nitrogens with one attached hydrogen (secondary N) is 1. The van der Waals surface area contributed by atoms with Gasteiger partial charge in [-0.3, -0.25) is 4.79 Å². The van der Waals surface area contributed by atoms with E-state index in [1.165, 1.54) is 21.9 Å². The van der Waals surface area contributed by atoms with E-state index in [4.69, 9.17) is 0 Å². The van der Waals surface area contributed by atoms with Gasteiger partial charge in [-0.25, -0.2) is 4.68 Å². The molecular weight excluding hydrogens is 364 g/mol. The van der Waals surface area contributed by atoms with E-state index < -0.39 is 0 Å². The molecule has 7 nitrogen and oxygen atoms in total. The summed E-state index contributed by atoms with van der Waals surface area (Å²) in [6, 6.07) is 21.5. The van der Waals surface area contributed by atoms with Crippen molar-refractivity contribution in [3.05, 3.63) is 78.6 Å². The Bertz CT molecular complexity index is 1340. The second-order valence-electron chi connectivity index (χ2n) is 6.75. The Morgan fingerprint density at radius 1 is 0.966 bits per heavy atom. The highest BCUT2D eigenvalue weighted by Crippen LogP contribution is 2.31. The van der Waals surface area contributed by atoms with Crippen LogP contribution in [0.25, 0.3) is 27.5 Å². The third-order valence-electron chi connectivity index (χ3n) is 5.07. The number of fused-ring (bicyclic) bond motifs is 3. The van der Waals surface area contributed by atoms with Crippen LogP contribution in [0.2, 0.25) is 0 Å². The SMILES string of the molecule is CCn1c2ccccc2c2cc(NC(=O)c3cccc(-n4cnnn4)c3)ccc21. The van der Waals surface area contributed by atoms with Crippen molar-refractivity contribution in [1.29, 1.82) is 0 Å². The van der Waals surface area contributed by atoms with Gasteiger partial charge in [-0.05, 0) is 59.8 Å². The minimum Gasteiger partial charge on any atom is -0.341 e. The topological polar surface area (TPSA) is 77.6 Å². The molecule has 0 aliphatic carbocycles. The van der Waals surface area contributed by atoms with E-state index in [1.54, 1.807) is 12.1 Å². The summed E-state index contributed by atoms with van der Waals surface area (Å²) >= 11 is 0. The van der Waals surface area contributed by atoms with Crippen LogP contribution in [0.15, 0.2) is 73.1 Å². The number of hydrogen-bond acceptors (Lipinski definition) is 4. The molecule has 0 atom stereocenters. The van der Waals surface area contributed by atoms with Crippen LogP contribution in [0.4, 0.5) is 5.69 Å². The standard InChI is InChI=1S/C22H18N6O/c1-2-27-20-9-4-3-8-18(20)19-13-16(10-11-21(19)27)24-22(29)15-6-5-7-17(12-15)28-14-23-25-26-28/h3-14H,2H2,1H3,(H,24,29). The van der Waals surface area contributed by atoms with Crippen molar-refractivity contribution in [3.63, 3.8) is 0 Å². The van der Waals surface area contributed by atoms with Crippen LogP contribution >= 0.6 is 0 Å². The summed E-state index contributed by atoms with van der Waals surface area (Å²) in [4.78, 5) is 12.8. The molecule has 0 saturated heterocycles. The monoisotopic (exact) mass is 382 g/mol. The number of tetrazole rings is 1.